The molecule has 0 heterocycles. The van der Waals surface area contributed by atoms with Gasteiger partial charge >= 0.3 is 0 Å². The normalized spacial score (nSPS) is 10.9. The van der Waals surface area contributed by atoms with Gasteiger partial charge in [-0.15, -0.1) is 0 Å². The second-order valence-electron chi connectivity index (χ2n) is 2.61. The molecule has 1 rings (SSSR count). The molecule has 0 atom stereocenters. The number of benzene rings is 1. The highest BCUT2D eigenvalue weighted by atomic mass is 79.9. The Bertz CT molecular complexity index is 292. The molecule has 0 saturated heterocycles. The number of aliphatic hydroxyl groups excluding tert-OH is 1. The summed E-state index contributed by atoms with van der Waals surface area (Å²) in [5.74, 6) is 0. The molecule has 0 amide bonds. The molecule has 0 fully saturated rings. The van der Waals surface area contributed by atoms with Crippen molar-refractivity contribution < 1.29 is 5.11 Å². The van der Waals surface area contributed by atoms with Crippen LogP contribution in [0.25, 0.3) is 6.08 Å². The molecule has 1 nitrogen and oxygen atoms in total. The molecule has 0 unspecified atom stereocenters. The summed E-state index contributed by atoms with van der Waals surface area (Å²) < 4.78 is 1.05. The van der Waals surface area contributed by atoms with Crippen LogP contribution in [-0.4, -0.2) is 11.7 Å². The summed E-state index contributed by atoms with van der Waals surface area (Å²) >= 11 is 3.43. The van der Waals surface area contributed by atoms with Gasteiger partial charge in [-0.1, -0.05) is 45.8 Å². The molecule has 64 valence electrons. The molecule has 1 aromatic rings. The smallest absolute Gasteiger partial charge is 0.0615 e. The van der Waals surface area contributed by atoms with Crippen molar-refractivity contribution in [1.29, 1.82) is 0 Å². The summed E-state index contributed by atoms with van der Waals surface area (Å²) in [6.45, 7) is 2.13. The zero-order valence-corrected chi connectivity index (χ0v) is 8.51. The summed E-state index contributed by atoms with van der Waals surface area (Å²) in [7, 11) is 0. The Morgan fingerprint density at radius 2 is 2.25 bits per heavy atom. The van der Waals surface area contributed by atoms with Gasteiger partial charge in [-0.05, 0) is 18.6 Å². The van der Waals surface area contributed by atoms with E-state index in [0.29, 0.717) is 0 Å². The fourth-order valence-electron chi connectivity index (χ4n) is 0.971. The van der Waals surface area contributed by atoms with Crippen molar-refractivity contribution in [2.75, 3.05) is 6.61 Å². The molecule has 0 aliphatic carbocycles. The number of aryl methyl sites for hydroxylation is 1. The van der Waals surface area contributed by atoms with Gasteiger partial charge in [0.05, 0.1) is 6.61 Å². The third-order valence-electron chi connectivity index (χ3n) is 1.55. The highest BCUT2D eigenvalue weighted by Gasteiger charge is 1.94. The first-order valence-corrected chi connectivity index (χ1v) is 4.57. The second kappa shape index (κ2) is 4.43. The van der Waals surface area contributed by atoms with Crippen molar-refractivity contribution in [2.45, 2.75) is 6.92 Å². The molecule has 0 aromatic heterocycles. The number of rotatable bonds is 2. The van der Waals surface area contributed by atoms with E-state index in [4.69, 9.17) is 5.11 Å². The van der Waals surface area contributed by atoms with Crippen molar-refractivity contribution in [1.82, 2.24) is 0 Å². The minimum Gasteiger partial charge on any atom is -0.392 e. The lowest BCUT2D eigenvalue weighted by atomic mass is 10.1. The number of halogens is 1. The van der Waals surface area contributed by atoms with Crippen LogP contribution in [0.2, 0.25) is 0 Å². The van der Waals surface area contributed by atoms with Gasteiger partial charge in [-0.2, -0.15) is 0 Å². The average molecular weight is 227 g/mol. The van der Waals surface area contributed by atoms with E-state index >= 15 is 0 Å². The Kier molecular flexibility index (Phi) is 3.50. The maximum atomic E-state index is 8.59. The summed E-state index contributed by atoms with van der Waals surface area (Å²) in [5.41, 5.74) is 2.32. The van der Waals surface area contributed by atoms with Gasteiger partial charge in [-0.3, -0.25) is 0 Å². The zero-order chi connectivity index (χ0) is 8.97. The molecule has 12 heavy (non-hydrogen) atoms. The fourth-order valence-corrected chi connectivity index (χ4v) is 1.35. The Morgan fingerprint density at radius 3 is 2.92 bits per heavy atom. The predicted octanol–water partition coefficient (Wildman–Crippen LogP) is 2.76. The fraction of sp³-hybridized carbons (Fsp3) is 0.200. The van der Waals surface area contributed by atoms with Crippen LogP contribution in [0.1, 0.15) is 11.1 Å². The minimum absolute atomic E-state index is 0.0837. The molecule has 0 aliphatic rings. The Hall–Kier alpha value is -0.600. The maximum Gasteiger partial charge on any atom is 0.0615 e. The van der Waals surface area contributed by atoms with Crippen molar-refractivity contribution >= 4 is 22.0 Å². The highest BCUT2D eigenvalue weighted by molar-refractivity contribution is 9.10. The molecular formula is C10H11BrO. The van der Waals surface area contributed by atoms with E-state index in [1.807, 2.05) is 25.1 Å². The van der Waals surface area contributed by atoms with Crippen LogP contribution in [0.5, 0.6) is 0 Å². The van der Waals surface area contributed by atoms with Crippen LogP contribution >= 0.6 is 15.9 Å². The molecule has 2 heteroatoms. The first-order chi connectivity index (χ1) is 5.74. The van der Waals surface area contributed by atoms with E-state index in [9.17, 15) is 0 Å². The largest absolute Gasteiger partial charge is 0.392 e. The third kappa shape index (κ3) is 2.47. The van der Waals surface area contributed by atoms with E-state index in [2.05, 4.69) is 22.0 Å². The van der Waals surface area contributed by atoms with Gasteiger partial charge in [-0.25, -0.2) is 0 Å². The summed E-state index contributed by atoms with van der Waals surface area (Å²) in [4.78, 5) is 0. The molecule has 0 aliphatic heterocycles. The minimum atomic E-state index is 0.0837. The quantitative estimate of drug-likeness (QED) is 0.823. The van der Waals surface area contributed by atoms with Crippen LogP contribution in [-0.2, 0) is 0 Å². The van der Waals surface area contributed by atoms with E-state index < -0.39 is 0 Å². The van der Waals surface area contributed by atoms with Crippen LogP contribution in [0, 0.1) is 6.92 Å². The monoisotopic (exact) mass is 226 g/mol. The van der Waals surface area contributed by atoms with Crippen LogP contribution in [0.3, 0.4) is 0 Å². The van der Waals surface area contributed by atoms with E-state index in [0.717, 1.165) is 10.0 Å². The second-order valence-corrected chi connectivity index (χ2v) is 3.46. The van der Waals surface area contributed by atoms with Gasteiger partial charge < -0.3 is 5.11 Å². The van der Waals surface area contributed by atoms with Crippen molar-refractivity contribution in [2.24, 2.45) is 0 Å². The van der Waals surface area contributed by atoms with Gasteiger partial charge in [0.1, 0.15) is 0 Å². The first kappa shape index (κ1) is 9.49. The third-order valence-corrected chi connectivity index (χ3v) is 2.28. The topological polar surface area (TPSA) is 20.2 Å². The van der Waals surface area contributed by atoms with Gasteiger partial charge in [0.15, 0.2) is 0 Å². The number of hydrogen-bond acceptors (Lipinski definition) is 1. The van der Waals surface area contributed by atoms with Crippen LogP contribution < -0.4 is 0 Å². The molecule has 0 saturated carbocycles. The Morgan fingerprint density at radius 1 is 1.50 bits per heavy atom. The van der Waals surface area contributed by atoms with Crippen molar-refractivity contribution in [3.8, 4) is 0 Å². The lowest BCUT2D eigenvalue weighted by Gasteiger charge is -1.99. The molecule has 1 aromatic carbocycles. The van der Waals surface area contributed by atoms with Crippen molar-refractivity contribution in [3.05, 3.63) is 39.9 Å². The summed E-state index contributed by atoms with van der Waals surface area (Å²) in [6.07, 6.45) is 3.62. The number of hydrogen-bond donors (Lipinski definition) is 1. The van der Waals surface area contributed by atoms with Gasteiger partial charge in [0, 0.05) is 4.47 Å². The Balaban J connectivity index is 2.97. The van der Waals surface area contributed by atoms with E-state index in [1.54, 1.807) is 6.08 Å². The maximum absolute atomic E-state index is 8.59. The lowest BCUT2D eigenvalue weighted by Crippen LogP contribution is -1.79. The van der Waals surface area contributed by atoms with Crippen LogP contribution in [0.15, 0.2) is 28.7 Å². The molecular weight excluding hydrogens is 216 g/mol. The van der Waals surface area contributed by atoms with Gasteiger partial charge in [0.2, 0.25) is 0 Å². The summed E-state index contributed by atoms with van der Waals surface area (Å²) in [6, 6.07) is 6.11. The Labute approximate surface area is 80.9 Å². The number of aliphatic hydroxyl groups is 1. The summed E-state index contributed by atoms with van der Waals surface area (Å²) in [5, 5.41) is 8.59. The lowest BCUT2D eigenvalue weighted by molar-refractivity contribution is 0.343. The van der Waals surface area contributed by atoms with E-state index in [-0.39, 0.29) is 6.61 Å². The van der Waals surface area contributed by atoms with Crippen molar-refractivity contribution in [3.63, 3.8) is 0 Å². The molecule has 1 N–H and O–H groups in total. The standard InChI is InChI=1S/C10H11BrO/c1-8-4-5-10(11)9(7-8)3-2-6-12/h2-5,7,12H,6H2,1H3/b3-2+. The first-order valence-electron chi connectivity index (χ1n) is 3.77. The SMILES string of the molecule is Cc1ccc(Br)c(/C=C/CO)c1. The molecule has 0 radical (unpaired) electrons. The van der Waals surface area contributed by atoms with Gasteiger partial charge in [0.25, 0.3) is 0 Å². The predicted molar refractivity (Wildman–Crippen MR) is 55.0 cm³/mol. The van der Waals surface area contributed by atoms with Crippen LogP contribution in [0.4, 0.5) is 0 Å². The zero-order valence-electron chi connectivity index (χ0n) is 6.92. The molecule has 0 spiro atoms. The van der Waals surface area contributed by atoms with E-state index in [1.165, 1.54) is 5.56 Å². The molecule has 0 bridgehead atoms. The average Bonchev–Trinajstić information content (AvgIpc) is 2.07. The highest BCUT2D eigenvalue weighted by Crippen LogP contribution is 2.19.